The molecule has 0 aromatic rings. The van der Waals surface area contributed by atoms with Crippen LogP contribution in [0.25, 0.3) is 0 Å². The molecule has 1 amide bonds. The van der Waals surface area contributed by atoms with Crippen molar-refractivity contribution in [1.29, 1.82) is 0 Å². The first kappa shape index (κ1) is 14.3. The second-order valence-electron chi connectivity index (χ2n) is 3.81. The van der Waals surface area contributed by atoms with E-state index in [4.69, 9.17) is 9.47 Å². The third-order valence-electron chi connectivity index (χ3n) is 2.22. The van der Waals surface area contributed by atoms with Crippen molar-refractivity contribution in [1.82, 2.24) is 4.90 Å². The number of rotatable bonds is 1. The lowest BCUT2D eigenvalue weighted by Crippen LogP contribution is -2.50. The predicted molar refractivity (Wildman–Crippen MR) is 69.3 cm³/mol. The van der Waals surface area contributed by atoms with Gasteiger partial charge < -0.3 is 14.4 Å². The zero-order valence-corrected chi connectivity index (χ0v) is 11.9. The third kappa shape index (κ3) is 4.52. The quantitative estimate of drug-likeness (QED) is 0.300. The summed E-state index contributed by atoms with van der Waals surface area (Å²) in [6.07, 6.45) is -0.130. The van der Waals surface area contributed by atoms with Gasteiger partial charge in [-0.05, 0) is 17.8 Å². The minimum atomic E-state index is -0.856. The summed E-state index contributed by atoms with van der Waals surface area (Å²) in [5.41, 5.74) is 0. The number of ether oxygens (including phenoxy) is 2. The number of carbonyl (C=O) groups excluding carboxylic acids is 2. The fraction of sp³-hybridized carbons (Fsp3) is 0.636. The van der Waals surface area contributed by atoms with E-state index < -0.39 is 11.9 Å². The number of morpholine rings is 1. The summed E-state index contributed by atoms with van der Waals surface area (Å²) in [7, 11) is 0. The maximum Gasteiger partial charge on any atom is 0.397 e. The summed E-state index contributed by atoms with van der Waals surface area (Å²) in [6, 6.07) is 0. The highest BCUT2D eigenvalue weighted by Crippen LogP contribution is 2.10. The number of carbonyl (C=O) groups is 2. The van der Waals surface area contributed by atoms with E-state index in [0.717, 1.165) is 0 Å². The van der Waals surface area contributed by atoms with Crippen LogP contribution >= 0.6 is 22.6 Å². The van der Waals surface area contributed by atoms with E-state index in [2.05, 4.69) is 9.85 Å². The van der Waals surface area contributed by atoms with E-state index in [1.807, 2.05) is 36.4 Å². The van der Waals surface area contributed by atoms with Gasteiger partial charge in [0.1, 0.15) is 0 Å². The summed E-state index contributed by atoms with van der Waals surface area (Å²) in [5.74, 6) is 1.07. The van der Waals surface area contributed by atoms with Gasteiger partial charge in [0.05, 0.1) is 12.2 Å². The number of hydrogen-bond donors (Lipinski definition) is 0. The lowest BCUT2D eigenvalue weighted by atomic mass is 10.2. The molecule has 5 nitrogen and oxygen atoms in total. The van der Waals surface area contributed by atoms with Crippen molar-refractivity contribution in [2.24, 2.45) is 0 Å². The van der Waals surface area contributed by atoms with Crippen molar-refractivity contribution >= 4 is 34.5 Å². The summed E-state index contributed by atoms with van der Waals surface area (Å²) in [5, 5.41) is 0. The molecule has 0 N–H and O–H groups in total. The molecule has 1 heterocycles. The zero-order chi connectivity index (χ0) is 12.8. The van der Waals surface area contributed by atoms with Gasteiger partial charge in [-0.25, -0.2) is 4.79 Å². The first-order valence-corrected chi connectivity index (χ1v) is 6.32. The van der Waals surface area contributed by atoms with Crippen LogP contribution in [0.3, 0.4) is 0 Å². The van der Waals surface area contributed by atoms with E-state index >= 15 is 0 Å². The normalized spacial score (nSPS) is 23.6. The molecule has 1 fully saturated rings. The van der Waals surface area contributed by atoms with Gasteiger partial charge in [0.15, 0.2) is 6.61 Å². The van der Waals surface area contributed by atoms with E-state index in [1.165, 1.54) is 4.90 Å². The Balaban J connectivity index is 2.50. The van der Waals surface area contributed by atoms with Gasteiger partial charge in [0.25, 0.3) is 0 Å². The van der Waals surface area contributed by atoms with Crippen molar-refractivity contribution in [2.75, 3.05) is 19.7 Å². The first-order valence-electron chi connectivity index (χ1n) is 5.24. The second-order valence-corrected chi connectivity index (χ2v) is 4.35. The second kappa shape index (κ2) is 6.81. The Bertz CT molecular complexity index is 350. The Morgan fingerprint density at radius 1 is 1.41 bits per heavy atom. The van der Waals surface area contributed by atoms with Gasteiger partial charge in [0, 0.05) is 35.7 Å². The Hall–Kier alpha value is -0.810. The number of halogens is 1. The molecule has 2 atom stereocenters. The van der Waals surface area contributed by atoms with Crippen LogP contribution in [-0.4, -0.2) is 48.7 Å². The molecule has 0 radical (unpaired) electrons. The smallest absolute Gasteiger partial charge is 0.397 e. The van der Waals surface area contributed by atoms with Crippen LogP contribution < -0.4 is 0 Å². The van der Waals surface area contributed by atoms with Crippen molar-refractivity contribution in [3.8, 4) is 9.85 Å². The highest BCUT2D eigenvalue weighted by Gasteiger charge is 2.30. The molecule has 6 heteroatoms. The molecule has 0 aromatic heterocycles. The van der Waals surface area contributed by atoms with Crippen LogP contribution in [0, 0.1) is 9.85 Å². The predicted octanol–water partition coefficient (Wildman–Crippen LogP) is 0.561. The van der Waals surface area contributed by atoms with E-state index in [-0.39, 0.29) is 18.8 Å². The van der Waals surface area contributed by atoms with E-state index in [0.29, 0.717) is 13.1 Å². The highest BCUT2D eigenvalue weighted by molar-refractivity contribution is 14.1. The first-order chi connectivity index (χ1) is 8.04. The molecular formula is C11H14INO4. The average Bonchev–Trinajstić information content (AvgIpc) is 2.27. The van der Waals surface area contributed by atoms with Crippen molar-refractivity contribution in [3.63, 3.8) is 0 Å². The van der Waals surface area contributed by atoms with Crippen molar-refractivity contribution < 1.29 is 19.1 Å². The molecule has 1 aliphatic heterocycles. The van der Waals surface area contributed by atoms with Crippen molar-refractivity contribution in [3.05, 3.63) is 0 Å². The Labute approximate surface area is 114 Å². The number of nitrogens with zero attached hydrogens (tertiary/aromatic N) is 1. The average molecular weight is 351 g/mol. The third-order valence-corrected chi connectivity index (χ3v) is 2.61. The fourth-order valence-electron chi connectivity index (χ4n) is 1.66. The summed E-state index contributed by atoms with van der Waals surface area (Å²) in [6.45, 7) is 4.50. The molecule has 1 saturated heterocycles. The molecule has 0 bridgehead atoms. The maximum atomic E-state index is 11.7. The minimum Gasteiger partial charge on any atom is -0.445 e. The van der Waals surface area contributed by atoms with Gasteiger partial charge in [-0.15, -0.1) is 0 Å². The molecule has 17 heavy (non-hydrogen) atoms. The Morgan fingerprint density at radius 2 is 2.00 bits per heavy atom. The van der Waals surface area contributed by atoms with Gasteiger partial charge >= 0.3 is 11.9 Å². The number of esters is 1. The van der Waals surface area contributed by atoms with Crippen molar-refractivity contribution in [2.45, 2.75) is 26.1 Å². The molecule has 94 valence electrons. The molecule has 1 rings (SSSR count). The molecule has 0 aliphatic carbocycles. The van der Waals surface area contributed by atoms with Crippen LogP contribution in [0.15, 0.2) is 0 Å². The maximum absolute atomic E-state index is 11.7. The lowest BCUT2D eigenvalue weighted by molar-refractivity contribution is -0.164. The molecule has 0 saturated carbocycles. The molecule has 0 aromatic carbocycles. The van der Waals surface area contributed by atoms with Gasteiger partial charge in [-0.3, -0.25) is 4.79 Å². The standard InChI is InChI=1S/C11H14INO4/c1-8-6-13(7-9(2)17-8)10(14)11(15)16-5-3-4-12/h8-9H,5-7H2,1-2H3. The lowest BCUT2D eigenvalue weighted by Gasteiger charge is -2.34. The van der Waals surface area contributed by atoms with Crippen LogP contribution in [0.2, 0.25) is 0 Å². The zero-order valence-electron chi connectivity index (χ0n) is 9.73. The van der Waals surface area contributed by atoms with E-state index in [9.17, 15) is 9.59 Å². The molecule has 2 unspecified atom stereocenters. The molecule has 1 aliphatic rings. The monoisotopic (exact) mass is 351 g/mol. The topological polar surface area (TPSA) is 55.8 Å². The van der Waals surface area contributed by atoms with Gasteiger partial charge in [-0.1, -0.05) is 5.92 Å². The summed E-state index contributed by atoms with van der Waals surface area (Å²) in [4.78, 5) is 24.6. The Kier molecular flexibility index (Phi) is 5.71. The summed E-state index contributed by atoms with van der Waals surface area (Å²) < 4.78 is 12.7. The number of hydrogen-bond acceptors (Lipinski definition) is 4. The molecular weight excluding hydrogens is 337 g/mol. The van der Waals surface area contributed by atoms with Crippen LogP contribution in [-0.2, 0) is 19.1 Å². The fourth-order valence-corrected chi connectivity index (χ4v) is 1.82. The van der Waals surface area contributed by atoms with Gasteiger partial charge in [0.2, 0.25) is 0 Å². The van der Waals surface area contributed by atoms with Crippen LogP contribution in [0.1, 0.15) is 13.8 Å². The van der Waals surface area contributed by atoms with Crippen LogP contribution in [0.4, 0.5) is 0 Å². The van der Waals surface area contributed by atoms with Gasteiger partial charge in [-0.2, -0.15) is 0 Å². The van der Waals surface area contributed by atoms with Crippen LogP contribution in [0.5, 0.6) is 0 Å². The van der Waals surface area contributed by atoms with E-state index in [1.54, 1.807) is 0 Å². The Morgan fingerprint density at radius 3 is 2.53 bits per heavy atom. The summed E-state index contributed by atoms with van der Waals surface area (Å²) >= 11 is 1.84. The SMILES string of the molecule is CC1CN(C(=O)C(=O)OCC#CI)CC(C)O1. The molecule has 0 spiro atoms. The largest absolute Gasteiger partial charge is 0.445 e. The number of amides is 1. The minimum absolute atomic E-state index is 0.0526. The highest BCUT2D eigenvalue weighted by atomic mass is 127.